The van der Waals surface area contributed by atoms with E-state index in [-0.39, 0.29) is 5.95 Å². The molecular formula is C16H16N6O. The van der Waals surface area contributed by atoms with Gasteiger partial charge in [0.25, 0.3) is 0 Å². The Morgan fingerprint density at radius 3 is 2.91 bits per heavy atom. The summed E-state index contributed by atoms with van der Waals surface area (Å²) in [5.74, 6) is 6.57. The highest BCUT2D eigenvalue weighted by Gasteiger charge is 2.09. The first-order chi connectivity index (χ1) is 10.9. The summed E-state index contributed by atoms with van der Waals surface area (Å²) in [6, 6.07) is 5.50. The normalized spacial score (nSPS) is 11.1. The Kier molecular flexibility index (Phi) is 3.60. The molecule has 2 heterocycles. The Labute approximate surface area is 133 Å². The molecule has 116 valence electrons. The van der Waals surface area contributed by atoms with Crippen LogP contribution in [0, 0.1) is 11.8 Å². The number of anilines is 3. The van der Waals surface area contributed by atoms with Crippen molar-refractivity contribution in [3.05, 3.63) is 36.2 Å². The van der Waals surface area contributed by atoms with Crippen molar-refractivity contribution in [3.8, 4) is 11.8 Å². The number of hydrogen-bond donors (Lipinski definition) is 4. The Hall–Kier alpha value is -3.11. The van der Waals surface area contributed by atoms with Crippen molar-refractivity contribution in [1.82, 2.24) is 20.2 Å². The molecule has 7 heteroatoms. The van der Waals surface area contributed by atoms with Gasteiger partial charge in [0.2, 0.25) is 5.95 Å². The molecule has 0 aliphatic heterocycles. The minimum atomic E-state index is -1.07. The van der Waals surface area contributed by atoms with Crippen LogP contribution in [-0.4, -0.2) is 30.9 Å². The van der Waals surface area contributed by atoms with E-state index in [1.54, 1.807) is 32.3 Å². The number of nitrogens with two attached hydrogens (primary N) is 1. The lowest BCUT2D eigenvalue weighted by molar-refractivity contribution is 0.143. The SMILES string of the molecule is CC(C)(O)C#Cc1cc(Nc2ccnc(N)n2)cc2cn[nH]c12. The van der Waals surface area contributed by atoms with Crippen LogP contribution in [0.5, 0.6) is 0 Å². The second kappa shape index (κ2) is 5.59. The number of nitrogen functional groups attached to an aromatic ring is 1. The first-order valence-corrected chi connectivity index (χ1v) is 6.99. The minimum Gasteiger partial charge on any atom is -0.378 e. The number of aromatic nitrogens is 4. The number of aliphatic hydroxyl groups is 1. The maximum Gasteiger partial charge on any atom is 0.221 e. The molecule has 0 radical (unpaired) electrons. The first-order valence-electron chi connectivity index (χ1n) is 6.99. The fourth-order valence-corrected chi connectivity index (χ4v) is 2.04. The first kappa shape index (κ1) is 14.8. The van der Waals surface area contributed by atoms with E-state index in [9.17, 15) is 5.11 Å². The average Bonchev–Trinajstić information content (AvgIpc) is 2.92. The monoisotopic (exact) mass is 308 g/mol. The number of aromatic amines is 1. The van der Waals surface area contributed by atoms with Gasteiger partial charge in [0.05, 0.1) is 17.3 Å². The Bertz CT molecular complexity index is 913. The molecule has 7 nitrogen and oxygen atoms in total. The number of rotatable bonds is 2. The van der Waals surface area contributed by atoms with Crippen LogP contribution in [0.15, 0.2) is 30.6 Å². The van der Waals surface area contributed by atoms with E-state index < -0.39 is 5.60 Å². The predicted molar refractivity (Wildman–Crippen MR) is 89.0 cm³/mol. The molecular weight excluding hydrogens is 292 g/mol. The summed E-state index contributed by atoms with van der Waals surface area (Å²) in [6.45, 7) is 3.27. The van der Waals surface area contributed by atoms with Gasteiger partial charge in [0, 0.05) is 17.3 Å². The summed E-state index contributed by atoms with van der Waals surface area (Å²) in [5, 5.41) is 20.8. The third-order valence-electron chi connectivity index (χ3n) is 3.00. The minimum absolute atomic E-state index is 0.196. The zero-order valence-corrected chi connectivity index (χ0v) is 12.8. The van der Waals surface area contributed by atoms with Gasteiger partial charge in [-0.05, 0) is 32.0 Å². The van der Waals surface area contributed by atoms with Crippen molar-refractivity contribution in [2.45, 2.75) is 19.4 Å². The predicted octanol–water partition coefficient (Wildman–Crippen LogP) is 1.80. The molecule has 0 aliphatic carbocycles. The summed E-state index contributed by atoms with van der Waals surface area (Å²) in [5.41, 5.74) is 6.84. The number of H-pyrrole nitrogens is 1. The Balaban J connectivity index is 2.03. The Morgan fingerprint density at radius 1 is 1.35 bits per heavy atom. The number of fused-ring (bicyclic) bond motifs is 1. The van der Waals surface area contributed by atoms with Crippen LogP contribution in [0.2, 0.25) is 0 Å². The van der Waals surface area contributed by atoms with Gasteiger partial charge in [-0.25, -0.2) is 4.98 Å². The van der Waals surface area contributed by atoms with Gasteiger partial charge in [-0.2, -0.15) is 10.1 Å². The van der Waals surface area contributed by atoms with Crippen LogP contribution in [-0.2, 0) is 0 Å². The fraction of sp³-hybridized carbons (Fsp3) is 0.188. The summed E-state index contributed by atoms with van der Waals surface area (Å²) < 4.78 is 0. The lowest BCUT2D eigenvalue weighted by Gasteiger charge is -2.08. The van der Waals surface area contributed by atoms with E-state index in [1.807, 2.05) is 12.1 Å². The van der Waals surface area contributed by atoms with Crippen LogP contribution in [0.1, 0.15) is 19.4 Å². The van der Waals surface area contributed by atoms with Crippen molar-refractivity contribution >= 4 is 28.4 Å². The second-order valence-electron chi connectivity index (χ2n) is 5.59. The second-order valence-corrected chi connectivity index (χ2v) is 5.59. The largest absolute Gasteiger partial charge is 0.378 e. The maximum atomic E-state index is 9.79. The third kappa shape index (κ3) is 3.56. The summed E-state index contributed by atoms with van der Waals surface area (Å²) in [7, 11) is 0. The molecule has 0 aliphatic rings. The van der Waals surface area contributed by atoms with Gasteiger partial charge in [-0.1, -0.05) is 11.8 Å². The van der Waals surface area contributed by atoms with Crippen molar-refractivity contribution in [2.75, 3.05) is 11.1 Å². The van der Waals surface area contributed by atoms with Crippen LogP contribution >= 0.6 is 0 Å². The zero-order valence-electron chi connectivity index (χ0n) is 12.8. The van der Waals surface area contributed by atoms with Crippen molar-refractivity contribution in [3.63, 3.8) is 0 Å². The van der Waals surface area contributed by atoms with Crippen LogP contribution in [0.4, 0.5) is 17.5 Å². The van der Waals surface area contributed by atoms with Crippen LogP contribution in [0.3, 0.4) is 0 Å². The van der Waals surface area contributed by atoms with E-state index in [2.05, 4.69) is 37.3 Å². The molecule has 0 fully saturated rings. The number of hydrogen-bond acceptors (Lipinski definition) is 6. The lowest BCUT2D eigenvalue weighted by atomic mass is 10.1. The standard InChI is InChI=1S/C16H16N6O/c1-16(2,23)5-3-10-7-12(8-11-9-19-22-14(10)11)20-13-4-6-18-15(17)21-13/h4,6-9,23H,1-2H3,(H,19,22)(H3,17,18,20,21). The van der Waals surface area contributed by atoms with Gasteiger partial charge in [0.1, 0.15) is 11.4 Å². The summed E-state index contributed by atoms with van der Waals surface area (Å²) in [6.07, 6.45) is 3.29. The van der Waals surface area contributed by atoms with E-state index in [4.69, 9.17) is 5.73 Å². The third-order valence-corrected chi connectivity index (χ3v) is 3.00. The molecule has 3 aromatic rings. The molecule has 0 amide bonds. The smallest absolute Gasteiger partial charge is 0.221 e. The molecule has 0 bridgehead atoms. The van der Waals surface area contributed by atoms with Crippen molar-refractivity contribution < 1.29 is 5.11 Å². The average molecular weight is 308 g/mol. The number of nitrogens with one attached hydrogen (secondary N) is 2. The molecule has 1 aromatic carbocycles. The van der Waals surface area contributed by atoms with E-state index in [0.29, 0.717) is 5.82 Å². The molecule has 0 unspecified atom stereocenters. The summed E-state index contributed by atoms with van der Waals surface area (Å²) >= 11 is 0. The van der Waals surface area contributed by atoms with E-state index in [0.717, 1.165) is 22.2 Å². The number of benzene rings is 1. The van der Waals surface area contributed by atoms with E-state index in [1.165, 1.54) is 0 Å². The molecule has 23 heavy (non-hydrogen) atoms. The highest BCUT2D eigenvalue weighted by Crippen LogP contribution is 2.24. The highest BCUT2D eigenvalue weighted by atomic mass is 16.3. The maximum absolute atomic E-state index is 9.79. The van der Waals surface area contributed by atoms with Crippen molar-refractivity contribution in [1.29, 1.82) is 0 Å². The molecule has 0 saturated heterocycles. The van der Waals surface area contributed by atoms with Crippen molar-refractivity contribution in [2.24, 2.45) is 0 Å². The molecule has 0 saturated carbocycles. The van der Waals surface area contributed by atoms with Crippen LogP contribution in [0.25, 0.3) is 10.9 Å². The highest BCUT2D eigenvalue weighted by molar-refractivity contribution is 5.88. The van der Waals surface area contributed by atoms with E-state index >= 15 is 0 Å². The number of nitrogens with zero attached hydrogens (tertiary/aromatic N) is 3. The molecule has 2 aromatic heterocycles. The van der Waals surface area contributed by atoms with Crippen LogP contribution < -0.4 is 11.1 Å². The quantitative estimate of drug-likeness (QED) is 0.537. The van der Waals surface area contributed by atoms with Gasteiger partial charge in [-0.3, -0.25) is 5.10 Å². The van der Waals surface area contributed by atoms with Gasteiger partial charge in [0.15, 0.2) is 0 Å². The topological polar surface area (TPSA) is 113 Å². The lowest BCUT2D eigenvalue weighted by Crippen LogP contribution is -2.14. The molecule has 0 spiro atoms. The summed E-state index contributed by atoms with van der Waals surface area (Å²) in [4.78, 5) is 7.97. The van der Waals surface area contributed by atoms with Gasteiger partial charge < -0.3 is 16.2 Å². The fourth-order valence-electron chi connectivity index (χ4n) is 2.04. The van der Waals surface area contributed by atoms with Gasteiger partial charge >= 0.3 is 0 Å². The molecule has 3 rings (SSSR count). The Morgan fingerprint density at radius 2 is 2.17 bits per heavy atom. The van der Waals surface area contributed by atoms with Gasteiger partial charge in [-0.15, -0.1) is 0 Å². The zero-order chi connectivity index (χ0) is 16.4. The molecule has 5 N–H and O–H groups in total. The molecule has 0 atom stereocenters.